The first kappa shape index (κ1) is 16.9. The number of nitrogens with one attached hydrogen (secondary N) is 2. The number of aromatic carboxylic acids is 1. The number of hydrogen-bond donors (Lipinski definition) is 3. The van der Waals surface area contributed by atoms with E-state index in [2.05, 4.69) is 10.6 Å². The highest BCUT2D eigenvalue weighted by Gasteiger charge is 2.12. The van der Waals surface area contributed by atoms with E-state index in [0.717, 1.165) is 5.56 Å². The molecule has 5 nitrogen and oxygen atoms in total. The van der Waals surface area contributed by atoms with Gasteiger partial charge in [-0.25, -0.2) is 4.79 Å². The molecule has 7 heteroatoms. The predicted molar refractivity (Wildman–Crippen MR) is 93.3 cm³/mol. The van der Waals surface area contributed by atoms with E-state index >= 15 is 0 Å². The number of halogens is 1. The number of thiocarbonyl (C=S) groups is 1. The lowest BCUT2D eigenvalue weighted by molar-refractivity contribution is 0.0696. The van der Waals surface area contributed by atoms with Crippen LogP contribution in [-0.4, -0.2) is 22.1 Å². The number of carboxylic acid groups (broad SMARTS) is 1. The number of rotatable bonds is 3. The number of aryl methyl sites for hydroxylation is 1. The van der Waals surface area contributed by atoms with Crippen molar-refractivity contribution in [2.24, 2.45) is 0 Å². The van der Waals surface area contributed by atoms with Gasteiger partial charge in [-0.15, -0.1) is 0 Å². The van der Waals surface area contributed by atoms with Crippen molar-refractivity contribution in [3.63, 3.8) is 0 Å². The third-order valence-corrected chi connectivity index (χ3v) is 3.50. The van der Waals surface area contributed by atoms with Crippen LogP contribution >= 0.6 is 23.8 Å². The maximum absolute atomic E-state index is 12.1. The molecular formula is C16H13ClN2O3S. The van der Waals surface area contributed by atoms with Crippen molar-refractivity contribution in [1.29, 1.82) is 0 Å². The van der Waals surface area contributed by atoms with Crippen molar-refractivity contribution in [2.75, 3.05) is 5.32 Å². The zero-order valence-corrected chi connectivity index (χ0v) is 13.7. The Labute approximate surface area is 143 Å². The first-order valence-corrected chi connectivity index (χ1v) is 7.37. The molecule has 0 saturated heterocycles. The van der Waals surface area contributed by atoms with Crippen molar-refractivity contribution in [3.8, 4) is 0 Å². The molecular weight excluding hydrogens is 336 g/mol. The minimum atomic E-state index is -1.01. The molecule has 3 N–H and O–H groups in total. The minimum absolute atomic E-state index is 0.0923. The second-order valence-electron chi connectivity index (χ2n) is 4.77. The van der Waals surface area contributed by atoms with Crippen molar-refractivity contribution in [2.45, 2.75) is 6.92 Å². The van der Waals surface area contributed by atoms with Crippen LogP contribution in [0.2, 0.25) is 5.02 Å². The highest BCUT2D eigenvalue weighted by Crippen LogP contribution is 2.17. The minimum Gasteiger partial charge on any atom is -0.478 e. The Morgan fingerprint density at radius 3 is 2.35 bits per heavy atom. The van der Waals surface area contributed by atoms with E-state index in [4.69, 9.17) is 28.9 Å². The van der Waals surface area contributed by atoms with Gasteiger partial charge in [0, 0.05) is 5.69 Å². The van der Waals surface area contributed by atoms with E-state index in [1.165, 1.54) is 12.1 Å². The topological polar surface area (TPSA) is 78.4 Å². The van der Waals surface area contributed by atoms with Crippen LogP contribution in [0.4, 0.5) is 5.69 Å². The van der Waals surface area contributed by atoms with Gasteiger partial charge in [0.1, 0.15) is 0 Å². The van der Waals surface area contributed by atoms with Gasteiger partial charge >= 0.3 is 5.97 Å². The number of amides is 1. The first-order chi connectivity index (χ1) is 10.9. The molecule has 0 aliphatic carbocycles. The molecule has 0 aliphatic rings. The molecule has 23 heavy (non-hydrogen) atoms. The van der Waals surface area contributed by atoms with Gasteiger partial charge in [-0.05, 0) is 61.1 Å². The summed E-state index contributed by atoms with van der Waals surface area (Å²) in [7, 11) is 0. The Hall–Kier alpha value is -2.44. The van der Waals surface area contributed by atoms with Crippen molar-refractivity contribution in [1.82, 2.24) is 5.32 Å². The summed E-state index contributed by atoms with van der Waals surface area (Å²) in [6, 6.07) is 11.1. The fraction of sp³-hybridized carbons (Fsp3) is 0.0625. The van der Waals surface area contributed by atoms with Gasteiger partial charge < -0.3 is 10.4 Å². The largest absolute Gasteiger partial charge is 0.478 e. The summed E-state index contributed by atoms with van der Waals surface area (Å²) in [5.41, 5.74) is 2.00. The summed E-state index contributed by atoms with van der Waals surface area (Å²) in [5, 5.41) is 14.6. The number of carboxylic acids is 1. The van der Waals surface area contributed by atoms with Gasteiger partial charge in [0.2, 0.25) is 0 Å². The normalized spacial score (nSPS) is 10.0. The number of carbonyl (C=O) groups is 2. The molecule has 0 unspecified atom stereocenters. The van der Waals surface area contributed by atoms with Gasteiger partial charge in [0.15, 0.2) is 5.11 Å². The molecule has 0 aliphatic heterocycles. The molecule has 2 rings (SSSR count). The molecule has 0 atom stereocenters. The zero-order chi connectivity index (χ0) is 17.0. The average molecular weight is 349 g/mol. The molecule has 0 aromatic heterocycles. The molecule has 0 fully saturated rings. The summed E-state index contributed by atoms with van der Waals surface area (Å²) in [6.07, 6.45) is 0. The Balaban J connectivity index is 2.01. The molecule has 0 radical (unpaired) electrons. The summed E-state index contributed by atoms with van der Waals surface area (Å²) in [4.78, 5) is 22.9. The molecule has 0 heterocycles. The monoisotopic (exact) mass is 348 g/mol. The van der Waals surface area contributed by atoms with Gasteiger partial charge in [0.25, 0.3) is 5.91 Å². The Morgan fingerprint density at radius 2 is 1.78 bits per heavy atom. The van der Waals surface area contributed by atoms with E-state index < -0.39 is 11.9 Å². The number of hydrogen-bond acceptors (Lipinski definition) is 3. The lowest BCUT2D eigenvalue weighted by atomic mass is 10.1. The van der Waals surface area contributed by atoms with Crippen LogP contribution in [0.15, 0.2) is 42.5 Å². The van der Waals surface area contributed by atoms with Crippen molar-refractivity contribution >= 4 is 46.5 Å². The third kappa shape index (κ3) is 4.51. The molecule has 118 valence electrons. The lowest BCUT2D eigenvalue weighted by Gasteiger charge is -2.10. The van der Waals surface area contributed by atoms with Crippen LogP contribution in [0.5, 0.6) is 0 Å². The highest BCUT2D eigenvalue weighted by atomic mass is 35.5. The van der Waals surface area contributed by atoms with Crippen molar-refractivity contribution in [3.05, 3.63) is 64.2 Å². The number of carbonyl (C=O) groups excluding carboxylic acids is 1. The third-order valence-electron chi connectivity index (χ3n) is 2.99. The Bertz CT molecular complexity index is 775. The predicted octanol–water partition coefficient (Wildman–Crippen LogP) is 3.47. The zero-order valence-electron chi connectivity index (χ0n) is 12.1. The van der Waals surface area contributed by atoms with Gasteiger partial charge in [-0.2, -0.15) is 0 Å². The van der Waals surface area contributed by atoms with Crippen LogP contribution in [0, 0.1) is 6.92 Å². The summed E-state index contributed by atoms with van der Waals surface area (Å²) < 4.78 is 0. The van der Waals surface area contributed by atoms with Crippen LogP contribution < -0.4 is 10.6 Å². The fourth-order valence-electron chi connectivity index (χ4n) is 1.83. The maximum atomic E-state index is 12.1. The van der Waals surface area contributed by atoms with Crippen LogP contribution in [-0.2, 0) is 0 Å². The molecule has 2 aromatic carbocycles. The van der Waals surface area contributed by atoms with E-state index in [1.807, 2.05) is 6.92 Å². The Kier molecular flexibility index (Phi) is 5.31. The quantitative estimate of drug-likeness (QED) is 0.740. The van der Waals surface area contributed by atoms with Crippen LogP contribution in [0.25, 0.3) is 0 Å². The SMILES string of the molecule is Cc1ccc(C(=O)NC(=S)Nc2ccc(C(=O)O)cc2)c(Cl)c1. The highest BCUT2D eigenvalue weighted by molar-refractivity contribution is 7.80. The fourth-order valence-corrected chi connectivity index (χ4v) is 2.36. The van der Waals surface area contributed by atoms with Crippen LogP contribution in [0.1, 0.15) is 26.3 Å². The van der Waals surface area contributed by atoms with Crippen molar-refractivity contribution < 1.29 is 14.7 Å². The first-order valence-electron chi connectivity index (χ1n) is 6.58. The average Bonchev–Trinajstić information content (AvgIpc) is 2.47. The molecule has 0 spiro atoms. The van der Waals surface area contributed by atoms with Gasteiger partial charge in [0.05, 0.1) is 16.1 Å². The maximum Gasteiger partial charge on any atom is 0.335 e. The number of anilines is 1. The standard InChI is InChI=1S/C16H13ClN2O3S/c1-9-2-7-12(13(17)8-9)14(20)19-16(23)18-11-5-3-10(4-6-11)15(21)22/h2-8H,1H3,(H,21,22)(H2,18,19,20,23). The summed E-state index contributed by atoms with van der Waals surface area (Å²) >= 11 is 11.1. The molecule has 0 bridgehead atoms. The molecule has 2 aromatic rings. The van der Waals surface area contributed by atoms with Crippen LogP contribution in [0.3, 0.4) is 0 Å². The smallest absolute Gasteiger partial charge is 0.335 e. The van der Waals surface area contributed by atoms with Gasteiger partial charge in [-0.3, -0.25) is 10.1 Å². The van der Waals surface area contributed by atoms with E-state index in [1.54, 1.807) is 30.3 Å². The second-order valence-corrected chi connectivity index (χ2v) is 5.59. The summed E-state index contributed by atoms with van der Waals surface area (Å²) in [5.74, 6) is -1.43. The van der Waals surface area contributed by atoms with E-state index in [9.17, 15) is 9.59 Å². The lowest BCUT2D eigenvalue weighted by Crippen LogP contribution is -2.34. The number of benzene rings is 2. The second kappa shape index (κ2) is 7.21. The molecule has 0 saturated carbocycles. The van der Waals surface area contributed by atoms with E-state index in [-0.39, 0.29) is 10.7 Å². The Morgan fingerprint density at radius 1 is 1.13 bits per heavy atom. The summed E-state index contributed by atoms with van der Waals surface area (Å²) in [6.45, 7) is 1.88. The van der Waals surface area contributed by atoms with Gasteiger partial charge in [-0.1, -0.05) is 17.7 Å². The van der Waals surface area contributed by atoms with E-state index in [0.29, 0.717) is 16.3 Å². The molecule has 1 amide bonds.